The highest BCUT2D eigenvalue weighted by atomic mass is 19.3. The molecule has 0 saturated heterocycles. The summed E-state index contributed by atoms with van der Waals surface area (Å²) in [7, 11) is 0. The van der Waals surface area contributed by atoms with Gasteiger partial charge in [0, 0.05) is 29.3 Å². The molecule has 2 heterocycles. The zero-order valence-electron chi connectivity index (χ0n) is 20.2. The number of benzene rings is 2. The minimum absolute atomic E-state index is 0.0787. The number of imidazole rings is 1. The number of aryl methyl sites for hydroxylation is 1. The fourth-order valence-corrected chi connectivity index (χ4v) is 4.17. The van der Waals surface area contributed by atoms with Gasteiger partial charge in [0.05, 0.1) is 30.3 Å². The normalized spacial score (nSPS) is 13.1. The van der Waals surface area contributed by atoms with Gasteiger partial charge in [-0.15, -0.1) is 0 Å². The summed E-state index contributed by atoms with van der Waals surface area (Å²) in [6.45, 7) is 0.716. The van der Waals surface area contributed by atoms with Crippen LogP contribution in [0.15, 0.2) is 60.9 Å². The molecule has 0 spiro atoms. The van der Waals surface area contributed by atoms with Crippen molar-refractivity contribution >= 4 is 23.3 Å². The molecule has 1 saturated carbocycles. The predicted octanol–water partition coefficient (Wildman–Crippen LogP) is 5.88. The van der Waals surface area contributed by atoms with E-state index in [9.17, 15) is 27.9 Å². The summed E-state index contributed by atoms with van der Waals surface area (Å²) in [6.07, 6.45) is 0.383. The van der Waals surface area contributed by atoms with Gasteiger partial charge < -0.3 is 15.2 Å². The minimum Gasteiger partial charge on any atom is -0.465 e. The molecule has 2 aromatic heterocycles. The molecule has 38 heavy (non-hydrogen) atoms. The van der Waals surface area contributed by atoms with Gasteiger partial charge in [-0.2, -0.15) is 0 Å². The van der Waals surface area contributed by atoms with Gasteiger partial charge in [0.15, 0.2) is 5.65 Å². The number of hydrogen-bond acceptors (Lipinski definition) is 4. The maximum atomic E-state index is 13.7. The molecular formula is C27H23F3N4O4. The lowest BCUT2D eigenvalue weighted by Gasteiger charge is -2.21. The lowest BCUT2D eigenvalue weighted by molar-refractivity contribution is 0.0950. The van der Waals surface area contributed by atoms with Gasteiger partial charge in [0.25, 0.3) is 12.3 Å². The summed E-state index contributed by atoms with van der Waals surface area (Å²) < 4.78 is 47.6. The monoisotopic (exact) mass is 524 g/mol. The molecule has 0 radical (unpaired) electrons. The van der Waals surface area contributed by atoms with Gasteiger partial charge in [-0.25, -0.2) is 22.9 Å². The number of halogens is 3. The number of rotatable bonds is 8. The van der Waals surface area contributed by atoms with E-state index in [1.54, 1.807) is 25.1 Å². The van der Waals surface area contributed by atoms with Crippen molar-refractivity contribution in [1.29, 1.82) is 0 Å². The van der Waals surface area contributed by atoms with Crippen LogP contribution in [0.4, 0.5) is 23.7 Å². The summed E-state index contributed by atoms with van der Waals surface area (Å²) in [5.74, 6) is -0.491. The quantitative estimate of drug-likeness (QED) is 0.300. The SMILES string of the molecule is Cc1cc(-c2cnc3c(N(CC(F)F)C(=O)O)cc(Oc4cccc(F)c4)cn23)ccc1C(=O)NC1CC1. The molecule has 1 aliphatic carbocycles. The second kappa shape index (κ2) is 10.1. The number of carboxylic acid groups (broad SMARTS) is 1. The van der Waals surface area contributed by atoms with Crippen molar-refractivity contribution in [2.24, 2.45) is 0 Å². The van der Waals surface area contributed by atoms with Crippen LogP contribution in [0.2, 0.25) is 0 Å². The van der Waals surface area contributed by atoms with Gasteiger partial charge in [-0.1, -0.05) is 12.1 Å². The number of alkyl halides is 2. The lowest BCUT2D eigenvalue weighted by atomic mass is 10.0. The van der Waals surface area contributed by atoms with Crippen LogP contribution in [0, 0.1) is 12.7 Å². The number of carbonyl (C=O) groups excluding carboxylic acids is 1. The predicted molar refractivity (Wildman–Crippen MR) is 134 cm³/mol. The van der Waals surface area contributed by atoms with E-state index < -0.39 is 24.9 Å². The fourth-order valence-electron chi connectivity index (χ4n) is 4.17. The highest BCUT2D eigenvalue weighted by Crippen LogP contribution is 2.34. The molecule has 0 aliphatic heterocycles. The Balaban J connectivity index is 1.61. The number of nitrogens with one attached hydrogen (secondary N) is 1. The number of amides is 2. The lowest BCUT2D eigenvalue weighted by Crippen LogP contribution is -2.34. The van der Waals surface area contributed by atoms with Crippen LogP contribution in [0.25, 0.3) is 16.9 Å². The van der Waals surface area contributed by atoms with Gasteiger partial charge >= 0.3 is 6.09 Å². The van der Waals surface area contributed by atoms with Crippen LogP contribution >= 0.6 is 0 Å². The first kappa shape index (κ1) is 25.1. The van der Waals surface area contributed by atoms with Crippen LogP contribution in [-0.4, -0.2) is 45.5 Å². The summed E-state index contributed by atoms with van der Waals surface area (Å²) in [5.41, 5.74) is 2.37. The second-order valence-electron chi connectivity index (χ2n) is 9.02. The maximum absolute atomic E-state index is 13.7. The molecule has 0 bridgehead atoms. The Morgan fingerprint density at radius 2 is 1.97 bits per heavy atom. The van der Waals surface area contributed by atoms with Crippen LogP contribution in [0.1, 0.15) is 28.8 Å². The Morgan fingerprint density at radius 3 is 2.63 bits per heavy atom. The number of nitrogens with zero attached hydrogens (tertiary/aromatic N) is 3. The van der Waals surface area contributed by atoms with E-state index in [0.29, 0.717) is 27.3 Å². The van der Waals surface area contributed by atoms with Gasteiger partial charge in [0.2, 0.25) is 0 Å². The maximum Gasteiger partial charge on any atom is 0.412 e. The van der Waals surface area contributed by atoms with E-state index in [1.165, 1.54) is 41.1 Å². The Hall–Kier alpha value is -4.54. The first-order chi connectivity index (χ1) is 18.2. The van der Waals surface area contributed by atoms with Gasteiger partial charge in [-0.05, 0) is 49.6 Å². The number of carbonyl (C=O) groups is 2. The topological polar surface area (TPSA) is 96.2 Å². The molecule has 196 valence electrons. The van der Waals surface area contributed by atoms with Crippen LogP contribution < -0.4 is 15.0 Å². The summed E-state index contributed by atoms with van der Waals surface area (Å²) >= 11 is 0. The molecule has 0 atom stereocenters. The number of anilines is 1. The van der Waals surface area contributed by atoms with Crippen LogP contribution in [0.5, 0.6) is 11.5 Å². The molecule has 4 aromatic rings. The van der Waals surface area contributed by atoms with Crippen molar-refractivity contribution < 1.29 is 32.6 Å². The molecule has 8 nitrogen and oxygen atoms in total. The zero-order chi connectivity index (χ0) is 27.0. The summed E-state index contributed by atoms with van der Waals surface area (Å²) in [5, 5.41) is 12.6. The van der Waals surface area contributed by atoms with Crippen molar-refractivity contribution in [3.63, 3.8) is 0 Å². The van der Waals surface area contributed by atoms with E-state index >= 15 is 0 Å². The first-order valence-corrected chi connectivity index (χ1v) is 11.8. The fraction of sp³-hybridized carbons (Fsp3) is 0.222. The van der Waals surface area contributed by atoms with Crippen LogP contribution in [-0.2, 0) is 0 Å². The third-order valence-corrected chi connectivity index (χ3v) is 6.11. The van der Waals surface area contributed by atoms with E-state index in [-0.39, 0.29) is 34.8 Å². The Labute approximate surface area is 215 Å². The highest BCUT2D eigenvalue weighted by Gasteiger charge is 2.26. The second-order valence-corrected chi connectivity index (χ2v) is 9.02. The largest absolute Gasteiger partial charge is 0.465 e. The molecule has 2 aromatic carbocycles. The molecule has 1 aliphatic rings. The molecule has 5 rings (SSSR count). The average Bonchev–Trinajstić information content (AvgIpc) is 3.57. The molecule has 2 amide bonds. The first-order valence-electron chi connectivity index (χ1n) is 11.8. The van der Waals surface area contributed by atoms with E-state index in [1.807, 2.05) is 0 Å². The third kappa shape index (κ3) is 5.26. The van der Waals surface area contributed by atoms with Gasteiger partial charge in [0.1, 0.15) is 17.3 Å². The number of fused-ring (bicyclic) bond motifs is 1. The number of hydrogen-bond donors (Lipinski definition) is 2. The zero-order valence-corrected chi connectivity index (χ0v) is 20.2. The van der Waals surface area contributed by atoms with Crippen molar-refractivity contribution in [3.05, 3.63) is 77.9 Å². The van der Waals surface area contributed by atoms with Gasteiger partial charge in [-0.3, -0.25) is 14.1 Å². The van der Waals surface area contributed by atoms with E-state index in [2.05, 4.69) is 10.3 Å². The molecule has 1 fully saturated rings. The van der Waals surface area contributed by atoms with Crippen molar-refractivity contribution in [3.8, 4) is 22.8 Å². The van der Waals surface area contributed by atoms with Crippen molar-refractivity contribution in [2.45, 2.75) is 32.2 Å². The average molecular weight is 524 g/mol. The smallest absolute Gasteiger partial charge is 0.412 e. The number of pyridine rings is 1. The number of aromatic nitrogens is 2. The Bertz CT molecular complexity index is 1530. The van der Waals surface area contributed by atoms with E-state index in [4.69, 9.17) is 4.74 Å². The Morgan fingerprint density at radius 1 is 1.18 bits per heavy atom. The standard InChI is InChI=1S/C27H23F3N4O4/c1-15-9-16(5-8-21(15)26(35)32-18-6-7-18)23-12-31-25-22(34(27(36)37)14-24(29)30)11-20(13-33(23)25)38-19-4-2-3-17(28)10-19/h2-5,8-13,18,24H,6-7,14H2,1H3,(H,32,35)(H,36,37). The van der Waals surface area contributed by atoms with E-state index in [0.717, 1.165) is 18.9 Å². The van der Waals surface area contributed by atoms with Crippen molar-refractivity contribution in [1.82, 2.24) is 14.7 Å². The molecule has 2 N–H and O–H groups in total. The molecular weight excluding hydrogens is 501 g/mol. The number of ether oxygens (including phenoxy) is 1. The van der Waals surface area contributed by atoms with Crippen LogP contribution in [0.3, 0.4) is 0 Å². The third-order valence-electron chi connectivity index (χ3n) is 6.11. The summed E-state index contributed by atoms with van der Waals surface area (Å²) in [4.78, 5) is 29.3. The highest BCUT2D eigenvalue weighted by molar-refractivity contribution is 5.97. The Kier molecular flexibility index (Phi) is 6.66. The summed E-state index contributed by atoms with van der Waals surface area (Å²) in [6, 6.07) is 12.0. The molecule has 11 heteroatoms. The molecule has 0 unspecified atom stereocenters. The van der Waals surface area contributed by atoms with Crippen molar-refractivity contribution in [2.75, 3.05) is 11.4 Å². The minimum atomic E-state index is -2.94.